The van der Waals surface area contributed by atoms with Crippen LogP contribution in [-0.2, 0) is 6.54 Å². The van der Waals surface area contributed by atoms with Gasteiger partial charge < -0.3 is 14.6 Å². The molecule has 1 N–H and O–H groups in total. The number of rotatable bonds is 5. The molecule has 0 radical (unpaired) electrons. The van der Waals surface area contributed by atoms with Gasteiger partial charge in [-0.3, -0.25) is 0 Å². The molecule has 0 amide bonds. The zero-order chi connectivity index (χ0) is 14.5. The van der Waals surface area contributed by atoms with Gasteiger partial charge in [0, 0.05) is 30.3 Å². The van der Waals surface area contributed by atoms with Crippen molar-refractivity contribution < 1.29 is 4.74 Å². The van der Waals surface area contributed by atoms with Crippen molar-refractivity contribution in [3.63, 3.8) is 0 Å². The maximum absolute atomic E-state index is 5.16. The van der Waals surface area contributed by atoms with Gasteiger partial charge in [0.1, 0.15) is 5.75 Å². The Kier molecular flexibility index (Phi) is 3.87. The van der Waals surface area contributed by atoms with Crippen LogP contribution in [0.25, 0.3) is 5.69 Å². The summed E-state index contributed by atoms with van der Waals surface area (Å²) in [5, 5.41) is 3.43. The van der Waals surface area contributed by atoms with Crippen LogP contribution >= 0.6 is 0 Å². The average Bonchev–Trinajstić information content (AvgIpc) is 3.08. The van der Waals surface area contributed by atoms with E-state index in [1.165, 1.54) is 5.56 Å². The molecule has 0 bridgehead atoms. The van der Waals surface area contributed by atoms with Crippen molar-refractivity contribution in [2.24, 2.45) is 0 Å². The van der Waals surface area contributed by atoms with Crippen LogP contribution in [0.15, 0.2) is 67.3 Å². The molecule has 0 spiro atoms. The number of aromatic nitrogens is 2. The van der Waals surface area contributed by atoms with E-state index < -0.39 is 0 Å². The van der Waals surface area contributed by atoms with Crippen molar-refractivity contribution in [3.05, 3.63) is 72.8 Å². The van der Waals surface area contributed by atoms with Crippen LogP contribution in [0.1, 0.15) is 5.56 Å². The highest BCUT2D eigenvalue weighted by Gasteiger charge is 1.99. The molecule has 1 heterocycles. The van der Waals surface area contributed by atoms with Crippen LogP contribution in [0.4, 0.5) is 5.69 Å². The summed E-state index contributed by atoms with van der Waals surface area (Å²) in [5.74, 6) is 0.876. The quantitative estimate of drug-likeness (QED) is 0.777. The van der Waals surface area contributed by atoms with Gasteiger partial charge in [0.25, 0.3) is 0 Å². The smallest absolute Gasteiger partial charge is 0.118 e. The van der Waals surface area contributed by atoms with E-state index in [0.29, 0.717) is 0 Å². The van der Waals surface area contributed by atoms with E-state index >= 15 is 0 Å². The lowest BCUT2D eigenvalue weighted by atomic mass is 10.2. The van der Waals surface area contributed by atoms with E-state index in [4.69, 9.17) is 4.74 Å². The van der Waals surface area contributed by atoms with Crippen molar-refractivity contribution in [2.45, 2.75) is 6.54 Å². The molecular weight excluding hydrogens is 262 g/mol. The van der Waals surface area contributed by atoms with Crippen molar-refractivity contribution in [2.75, 3.05) is 12.4 Å². The van der Waals surface area contributed by atoms with Crippen LogP contribution in [0.3, 0.4) is 0 Å². The minimum absolute atomic E-state index is 0.775. The normalized spacial score (nSPS) is 10.3. The number of benzene rings is 2. The fourth-order valence-corrected chi connectivity index (χ4v) is 2.14. The molecule has 2 aromatic carbocycles. The SMILES string of the molecule is COc1ccc(CNc2cccc(-n3ccnc3)c2)cc1. The molecule has 0 aliphatic heterocycles. The van der Waals surface area contributed by atoms with E-state index in [1.54, 1.807) is 19.6 Å². The highest BCUT2D eigenvalue weighted by molar-refractivity contribution is 5.51. The Morgan fingerprint density at radius 2 is 2.00 bits per heavy atom. The summed E-state index contributed by atoms with van der Waals surface area (Å²) in [6.07, 6.45) is 5.50. The summed E-state index contributed by atoms with van der Waals surface area (Å²) in [6, 6.07) is 16.3. The first-order valence-electron chi connectivity index (χ1n) is 6.80. The summed E-state index contributed by atoms with van der Waals surface area (Å²) in [6.45, 7) is 0.775. The predicted octanol–water partition coefficient (Wildman–Crippen LogP) is 3.49. The molecule has 0 fully saturated rings. The molecule has 3 aromatic rings. The third-order valence-electron chi connectivity index (χ3n) is 3.30. The Hall–Kier alpha value is -2.75. The second kappa shape index (κ2) is 6.13. The largest absolute Gasteiger partial charge is 0.497 e. The Morgan fingerprint density at radius 3 is 2.71 bits per heavy atom. The lowest BCUT2D eigenvalue weighted by Crippen LogP contribution is -2.00. The number of nitrogens with zero attached hydrogens (tertiary/aromatic N) is 2. The highest BCUT2D eigenvalue weighted by atomic mass is 16.5. The summed E-state index contributed by atoms with van der Waals surface area (Å²) >= 11 is 0. The van der Waals surface area contributed by atoms with Crippen molar-refractivity contribution in [1.82, 2.24) is 9.55 Å². The maximum atomic E-state index is 5.16. The molecule has 106 valence electrons. The monoisotopic (exact) mass is 279 g/mol. The Labute approximate surface area is 124 Å². The number of ether oxygens (including phenoxy) is 1. The van der Waals surface area contributed by atoms with Gasteiger partial charge in [0.2, 0.25) is 0 Å². The molecule has 0 unspecified atom stereocenters. The van der Waals surface area contributed by atoms with Crippen LogP contribution < -0.4 is 10.1 Å². The summed E-state index contributed by atoms with van der Waals surface area (Å²) in [5.41, 5.74) is 3.38. The molecule has 3 rings (SSSR count). The maximum Gasteiger partial charge on any atom is 0.118 e. The predicted molar refractivity (Wildman–Crippen MR) is 83.9 cm³/mol. The van der Waals surface area contributed by atoms with Crippen molar-refractivity contribution in [1.29, 1.82) is 0 Å². The molecule has 0 aliphatic carbocycles. The van der Waals surface area contributed by atoms with Crippen LogP contribution in [0.5, 0.6) is 5.75 Å². The van der Waals surface area contributed by atoms with E-state index in [1.807, 2.05) is 29.0 Å². The molecule has 0 atom stereocenters. The first-order valence-corrected chi connectivity index (χ1v) is 6.80. The number of anilines is 1. The van der Waals surface area contributed by atoms with E-state index in [0.717, 1.165) is 23.7 Å². The first-order chi connectivity index (χ1) is 10.3. The fourth-order valence-electron chi connectivity index (χ4n) is 2.14. The van der Waals surface area contributed by atoms with Gasteiger partial charge >= 0.3 is 0 Å². The Bertz CT molecular complexity index is 690. The second-order valence-electron chi connectivity index (χ2n) is 4.72. The van der Waals surface area contributed by atoms with Gasteiger partial charge in [0.05, 0.1) is 13.4 Å². The average molecular weight is 279 g/mol. The lowest BCUT2D eigenvalue weighted by Gasteiger charge is -2.09. The molecule has 0 saturated carbocycles. The minimum atomic E-state index is 0.775. The number of hydrogen-bond acceptors (Lipinski definition) is 3. The molecule has 4 heteroatoms. The molecule has 0 saturated heterocycles. The van der Waals surface area contributed by atoms with Crippen LogP contribution in [0.2, 0.25) is 0 Å². The van der Waals surface area contributed by atoms with Crippen LogP contribution in [0, 0.1) is 0 Å². The summed E-state index contributed by atoms with van der Waals surface area (Å²) in [4.78, 5) is 4.07. The van der Waals surface area contributed by atoms with Crippen molar-refractivity contribution in [3.8, 4) is 11.4 Å². The lowest BCUT2D eigenvalue weighted by molar-refractivity contribution is 0.414. The standard InChI is InChI=1S/C17H17N3O/c1-21-17-7-5-14(6-8-17)12-19-15-3-2-4-16(11-15)20-10-9-18-13-20/h2-11,13,19H,12H2,1H3. The van der Waals surface area contributed by atoms with Crippen molar-refractivity contribution >= 4 is 5.69 Å². The second-order valence-corrected chi connectivity index (χ2v) is 4.72. The van der Waals surface area contributed by atoms with E-state index in [9.17, 15) is 0 Å². The number of hydrogen-bond donors (Lipinski definition) is 1. The molecule has 4 nitrogen and oxygen atoms in total. The number of methoxy groups -OCH3 is 1. The fraction of sp³-hybridized carbons (Fsp3) is 0.118. The number of nitrogens with one attached hydrogen (secondary N) is 1. The number of imidazole rings is 1. The third kappa shape index (κ3) is 3.23. The third-order valence-corrected chi connectivity index (χ3v) is 3.30. The molecular formula is C17H17N3O. The molecule has 21 heavy (non-hydrogen) atoms. The van der Waals surface area contributed by atoms with Crippen LogP contribution in [-0.4, -0.2) is 16.7 Å². The Balaban J connectivity index is 1.68. The summed E-state index contributed by atoms with van der Waals surface area (Å²) in [7, 11) is 1.68. The van der Waals surface area contributed by atoms with Gasteiger partial charge in [-0.05, 0) is 35.9 Å². The van der Waals surface area contributed by atoms with Gasteiger partial charge in [-0.15, -0.1) is 0 Å². The molecule has 0 aliphatic rings. The topological polar surface area (TPSA) is 39.1 Å². The zero-order valence-corrected chi connectivity index (χ0v) is 11.9. The van der Waals surface area contributed by atoms with Gasteiger partial charge in [-0.2, -0.15) is 0 Å². The molecule has 1 aromatic heterocycles. The zero-order valence-electron chi connectivity index (χ0n) is 11.9. The van der Waals surface area contributed by atoms with Gasteiger partial charge in [0.15, 0.2) is 0 Å². The van der Waals surface area contributed by atoms with E-state index in [2.05, 4.69) is 40.6 Å². The Morgan fingerprint density at radius 1 is 1.14 bits per heavy atom. The van der Waals surface area contributed by atoms with E-state index in [-0.39, 0.29) is 0 Å². The summed E-state index contributed by atoms with van der Waals surface area (Å²) < 4.78 is 7.14. The first kappa shape index (κ1) is 13.2. The minimum Gasteiger partial charge on any atom is -0.497 e. The van der Waals surface area contributed by atoms with Gasteiger partial charge in [-0.25, -0.2) is 4.98 Å². The van der Waals surface area contributed by atoms with Gasteiger partial charge in [-0.1, -0.05) is 18.2 Å². The highest BCUT2D eigenvalue weighted by Crippen LogP contribution is 2.16.